The first-order valence-corrected chi connectivity index (χ1v) is 9.08. The van der Waals surface area contributed by atoms with Gasteiger partial charge in [0.25, 0.3) is 0 Å². The second-order valence-electron chi connectivity index (χ2n) is 6.96. The van der Waals surface area contributed by atoms with Gasteiger partial charge >= 0.3 is 12.1 Å². The molecule has 2 aromatic carbocycles. The second-order valence-corrected chi connectivity index (χ2v) is 6.96. The van der Waals surface area contributed by atoms with E-state index in [0.29, 0.717) is 0 Å². The van der Waals surface area contributed by atoms with Crippen molar-refractivity contribution in [3.8, 4) is 5.69 Å². The lowest BCUT2D eigenvalue weighted by Crippen LogP contribution is -2.24. The summed E-state index contributed by atoms with van der Waals surface area (Å²) in [4.78, 5) is 24.7. The zero-order chi connectivity index (χ0) is 22.1. The van der Waals surface area contributed by atoms with Gasteiger partial charge in [-0.1, -0.05) is 29.8 Å². The van der Waals surface area contributed by atoms with E-state index >= 15 is 0 Å². The first-order chi connectivity index (χ1) is 14.1. The molecule has 0 aliphatic heterocycles. The van der Waals surface area contributed by atoms with Gasteiger partial charge in [0.2, 0.25) is 11.1 Å². The summed E-state index contributed by atoms with van der Waals surface area (Å²) in [7, 11) is 0. The molecule has 0 bridgehead atoms. The summed E-state index contributed by atoms with van der Waals surface area (Å²) in [5.41, 5.74) is 1.03. The van der Waals surface area contributed by atoms with Gasteiger partial charge in [-0.3, -0.25) is 4.79 Å². The molecule has 0 radical (unpaired) electrons. The van der Waals surface area contributed by atoms with Crippen molar-refractivity contribution in [2.45, 2.75) is 33.6 Å². The molecule has 0 atom stereocenters. The van der Waals surface area contributed by atoms with E-state index in [1.807, 2.05) is 32.0 Å². The van der Waals surface area contributed by atoms with Gasteiger partial charge in [0.05, 0.1) is 11.3 Å². The van der Waals surface area contributed by atoms with Gasteiger partial charge in [-0.15, -0.1) is 0 Å². The van der Waals surface area contributed by atoms with Crippen LogP contribution in [0.3, 0.4) is 0 Å². The number of ether oxygens (including phenoxy) is 1. The maximum absolute atomic E-state index is 13.0. The van der Waals surface area contributed by atoms with E-state index in [9.17, 15) is 22.8 Å². The minimum Gasteiger partial charge on any atom is -0.456 e. The topological polar surface area (TPSA) is 61.2 Å². The number of nitrogens with zero attached hydrogens (tertiary/aromatic N) is 2. The van der Waals surface area contributed by atoms with Crippen molar-refractivity contribution < 1.29 is 22.7 Å². The van der Waals surface area contributed by atoms with Gasteiger partial charge in [-0.25, -0.2) is 9.48 Å². The molecule has 3 rings (SSSR count). The van der Waals surface area contributed by atoms with E-state index < -0.39 is 28.8 Å². The summed E-state index contributed by atoms with van der Waals surface area (Å²) in [5.74, 6) is -0.943. The number of rotatable bonds is 4. The van der Waals surface area contributed by atoms with Crippen LogP contribution >= 0.6 is 0 Å². The zero-order valence-corrected chi connectivity index (χ0v) is 16.6. The Morgan fingerprint density at radius 2 is 1.80 bits per heavy atom. The first kappa shape index (κ1) is 21.3. The summed E-state index contributed by atoms with van der Waals surface area (Å²) in [5, 5.41) is 3.98. The van der Waals surface area contributed by atoms with Gasteiger partial charge in [-0.05, 0) is 50.1 Å². The highest BCUT2D eigenvalue weighted by Gasteiger charge is 2.30. The number of esters is 1. The van der Waals surface area contributed by atoms with E-state index in [0.717, 1.165) is 39.6 Å². The number of carbonyl (C=O) groups is 1. The standard InChI is InChI=1S/C22H19F3N2O3/c1-13-7-8-14(2)16(9-13)12-30-21(29)20-19(28)10-15(3)27(26-20)18-6-4-5-17(11-18)22(23,24)25/h4-11H,12H2,1-3H3. The lowest BCUT2D eigenvalue weighted by Gasteiger charge is -2.13. The van der Waals surface area contributed by atoms with Gasteiger partial charge in [-0.2, -0.15) is 18.3 Å². The molecule has 0 amide bonds. The maximum Gasteiger partial charge on any atom is 0.416 e. The monoisotopic (exact) mass is 416 g/mol. The number of hydrogen-bond donors (Lipinski definition) is 0. The Morgan fingerprint density at radius 1 is 1.07 bits per heavy atom. The van der Waals surface area contributed by atoms with Crippen molar-refractivity contribution in [2.24, 2.45) is 0 Å². The first-order valence-electron chi connectivity index (χ1n) is 9.08. The molecule has 0 fully saturated rings. The van der Waals surface area contributed by atoms with Crippen LogP contribution in [0.25, 0.3) is 5.69 Å². The van der Waals surface area contributed by atoms with Crippen LogP contribution in [-0.2, 0) is 17.5 Å². The Morgan fingerprint density at radius 3 is 2.50 bits per heavy atom. The molecule has 3 aromatic rings. The molecule has 0 saturated carbocycles. The molecule has 0 saturated heterocycles. The highest BCUT2D eigenvalue weighted by atomic mass is 19.4. The molecule has 5 nitrogen and oxygen atoms in total. The molecular formula is C22H19F3N2O3. The SMILES string of the molecule is Cc1ccc(C)c(COC(=O)c2nn(-c3cccc(C(F)(F)F)c3)c(C)cc2=O)c1. The Hall–Kier alpha value is -3.42. The van der Waals surface area contributed by atoms with E-state index in [1.165, 1.54) is 19.1 Å². The van der Waals surface area contributed by atoms with Crippen molar-refractivity contribution in [2.75, 3.05) is 0 Å². The molecule has 156 valence electrons. The molecule has 0 aliphatic rings. The minimum atomic E-state index is -4.53. The molecule has 1 heterocycles. The number of hydrogen-bond acceptors (Lipinski definition) is 4. The summed E-state index contributed by atoms with van der Waals surface area (Å²) in [6.45, 7) is 5.23. The Kier molecular flexibility index (Phi) is 5.78. The molecule has 8 heteroatoms. The number of alkyl halides is 3. The molecule has 0 N–H and O–H groups in total. The quantitative estimate of drug-likeness (QED) is 0.586. The fourth-order valence-electron chi connectivity index (χ4n) is 2.93. The largest absolute Gasteiger partial charge is 0.456 e. The predicted molar refractivity (Wildman–Crippen MR) is 105 cm³/mol. The van der Waals surface area contributed by atoms with Crippen molar-refractivity contribution in [3.63, 3.8) is 0 Å². The van der Waals surface area contributed by atoms with Gasteiger partial charge in [0.1, 0.15) is 6.61 Å². The molecular weight excluding hydrogens is 397 g/mol. The van der Waals surface area contributed by atoms with Crippen molar-refractivity contribution >= 4 is 5.97 Å². The highest BCUT2D eigenvalue weighted by Crippen LogP contribution is 2.30. The molecule has 30 heavy (non-hydrogen) atoms. The van der Waals surface area contributed by atoms with E-state index in [-0.39, 0.29) is 18.0 Å². The lowest BCUT2D eigenvalue weighted by molar-refractivity contribution is -0.137. The van der Waals surface area contributed by atoms with Crippen molar-refractivity contribution in [1.82, 2.24) is 9.78 Å². The normalized spacial score (nSPS) is 11.4. The van der Waals surface area contributed by atoms with Crippen LogP contribution in [0.5, 0.6) is 0 Å². The van der Waals surface area contributed by atoms with Crippen LogP contribution < -0.4 is 5.43 Å². The van der Waals surface area contributed by atoms with Crippen LogP contribution in [-0.4, -0.2) is 15.7 Å². The van der Waals surface area contributed by atoms with Crippen LogP contribution in [0.4, 0.5) is 13.2 Å². The second kappa shape index (κ2) is 8.14. The third-order valence-electron chi connectivity index (χ3n) is 4.58. The highest BCUT2D eigenvalue weighted by molar-refractivity contribution is 5.87. The fraction of sp³-hybridized carbons (Fsp3) is 0.227. The number of aryl methyl sites for hydroxylation is 3. The Balaban J connectivity index is 1.92. The third-order valence-corrected chi connectivity index (χ3v) is 4.58. The van der Waals surface area contributed by atoms with Gasteiger partial charge in [0, 0.05) is 11.8 Å². The zero-order valence-electron chi connectivity index (χ0n) is 16.6. The maximum atomic E-state index is 13.0. The van der Waals surface area contributed by atoms with Crippen molar-refractivity contribution in [1.29, 1.82) is 0 Å². The summed E-state index contributed by atoms with van der Waals surface area (Å²) >= 11 is 0. The Labute approximate surface area is 170 Å². The van der Waals surface area contributed by atoms with Crippen LogP contribution in [0, 0.1) is 20.8 Å². The molecule has 0 aliphatic carbocycles. The number of halogens is 3. The minimum absolute atomic E-state index is 0.0507. The summed E-state index contributed by atoms with van der Waals surface area (Å²) in [6.07, 6.45) is -4.53. The average Bonchev–Trinajstić information content (AvgIpc) is 2.68. The van der Waals surface area contributed by atoms with Crippen LogP contribution in [0.2, 0.25) is 0 Å². The molecule has 0 spiro atoms. The van der Waals surface area contributed by atoms with E-state index in [2.05, 4.69) is 5.10 Å². The Bertz CT molecular complexity index is 1170. The number of benzene rings is 2. The predicted octanol–water partition coefficient (Wildman–Crippen LogP) is 4.53. The summed E-state index contributed by atoms with van der Waals surface area (Å²) in [6, 6.07) is 11.3. The van der Waals surface area contributed by atoms with Gasteiger partial charge in [0.15, 0.2) is 0 Å². The smallest absolute Gasteiger partial charge is 0.416 e. The molecule has 1 aromatic heterocycles. The van der Waals surface area contributed by atoms with E-state index in [1.54, 1.807) is 0 Å². The number of carbonyl (C=O) groups excluding carboxylic acids is 1. The molecule has 0 unspecified atom stereocenters. The fourth-order valence-corrected chi connectivity index (χ4v) is 2.93. The summed E-state index contributed by atoms with van der Waals surface area (Å²) < 4.78 is 45.4. The van der Waals surface area contributed by atoms with Crippen molar-refractivity contribution in [3.05, 3.63) is 92.4 Å². The average molecular weight is 416 g/mol. The van der Waals surface area contributed by atoms with Crippen LogP contribution in [0.15, 0.2) is 53.3 Å². The van der Waals surface area contributed by atoms with E-state index in [4.69, 9.17) is 4.74 Å². The number of aromatic nitrogens is 2. The van der Waals surface area contributed by atoms with Gasteiger partial charge < -0.3 is 4.74 Å². The third kappa shape index (κ3) is 4.59. The lowest BCUT2D eigenvalue weighted by atomic mass is 10.1. The van der Waals surface area contributed by atoms with Crippen LogP contribution in [0.1, 0.15) is 38.4 Å².